The minimum atomic E-state index is -3.46. The number of carbonyl (C=O) groups is 1. The zero-order valence-electron chi connectivity index (χ0n) is 10.8. The molecule has 0 spiro atoms. The van der Waals surface area contributed by atoms with Crippen molar-refractivity contribution in [2.24, 2.45) is 11.8 Å². The predicted molar refractivity (Wildman–Crippen MR) is 68.3 cm³/mol. The van der Waals surface area contributed by atoms with Gasteiger partial charge >= 0.3 is 5.97 Å². The maximum Gasteiger partial charge on any atom is 0.306 e. The van der Waals surface area contributed by atoms with Gasteiger partial charge in [0.05, 0.1) is 5.92 Å². The van der Waals surface area contributed by atoms with Crippen LogP contribution >= 0.6 is 0 Å². The standard InChI is InChI=1S/C11H22N2O4S/c1-8(2)7-12-18(16,17)13-10-5-3-9(4-6-10)11(14)15/h8-10,12-13H,3-7H2,1-2H3,(H,14,15). The zero-order valence-corrected chi connectivity index (χ0v) is 11.7. The summed E-state index contributed by atoms with van der Waals surface area (Å²) in [4.78, 5) is 10.8. The minimum Gasteiger partial charge on any atom is -0.481 e. The smallest absolute Gasteiger partial charge is 0.306 e. The van der Waals surface area contributed by atoms with Gasteiger partial charge in [0.1, 0.15) is 0 Å². The summed E-state index contributed by atoms with van der Waals surface area (Å²) >= 11 is 0. The van der Waals surface area contributed by atoms with Crippen molar-refractivity contribution in [3.8, 4) is 0 Å². The van der Waals surface area contributed by atoms with Crippen molar-refractivity contribution in [2.75, 3.05) is 6.54 Å². The van der Waals surface area contributed by atoms with Crippen LogP contribution in [-0.4, -0.2) is 32.1 Å². The molecule has 18 heavy (non-hydrogen) atoms. The first-order chi connectivity index (χ1) is 8.30. The Morgan fingerprint density at radius 2 is 1.83 bits per heavy atom. The van der Waals surface area contributed by atoms with E-state index >= 15 is 0 Å². The van der Waals surface area contributed by atoms with Crippen LogP contribution in [0.15, 0.2) is 0 Å². The number of carboxylic acid groups (broad SMARTS) is 1. The Kier molecular flexibility index (Phi) is 5.55. The summed E-state index contributed by atoms with van der Waals surface area (Å²) in [5.74, 6) is -0.854. The Hall–Kier alpha value is -0.660. The molecule has 0 bridgehead atoms. The Labute approximate surface area is 108 Å². The van der Waals surface area contributed by atoms with Crippen molar-refractivity contribution in [3.05, 3.63) is 0 Å². The van der Waals surface area contributed by atoms with E-state index in [0.717, 1.165) is 0 Å². The lowest BCUT2D eigenvalue weighted by atomic mass is 9.87. The first kappa shape index (κ1) is 15.4. The van der Waals surface area contributed by atoms with Gasteiger partial charge in [0, 0.05) is 12.6 Å². The number of rotatable bonds is 6. The highest BCUT2D eigenvalue weighted by atomic mass is 32.2. The van der Waals surface area contributed by atoms with Crippen LogP contribution in [0.4, 0.5) is 0 Å². The molecule has 106 valence electrons. The van der Waals surface area contributed by atoms with Gasteiger partial charge < -0.3 is 5.11 Å². The molecule has 0 heterocycles. The van der Waals surface area contributed by atoms with E-state index in [1.54, 1.807) is 0 Å². The molecule has 1 aliphatic carbocycles. The van der Waals surface area contributed by atoms with E-state index in [4.69, 9.17) is 5.11 Å². The molecule has 0 radical (unpaired) electrons. The van der Waals surface area contributed by atoms with E-state index in [2.05, 4.69) is 9.44 Å². The fraction of sp³-hybridized carbons (Fsp3) is 0.909. The highest BCUT2D eigenvalue weighted by Gasteiger charge is 2.28. The van der Waals surface area contributed by atoms with Gasteiger partial charge in [-0.3, -0.25) is 4.79 Å². The van der Waals surface area contributed by atoms with Crippen LogP contribution in [0.2, 0.25) is 0 Å². The van der Waals surface area contributed by atoms with Crippen LogP contribution in [0, 0.1) is 11.8 Å². The molecule has 0 aromatic rings. The molecule has 0 aromatic carbocycles. The second-order valence-electron chi connectivity index (χ2n) is 5.25. The topological polar surface area (TPSA) is 95.5 Å². The summed E-state index contributed by atoms with van der Waals surface area (Å²) in [6.07, 6.45) is 2.23. The maximum absolute atomic E-state index is 11.7. The lowest BCUT2D eigenvalue weighted by molar-refractivity contribution is -0.142. The number of hydrogen-bond donors (Lipinski definition) is 3. The van der Waals surface area contributed by atoms with Crippen molar-refractivity contribution in [2.45, 2.75) is 45.6 Å². The summed E-state index contributed by atoms with van der Waals surface area (Å²) < 4.78 is 28.4. The number of aliphatic carboxylic acids is 1. The Morgan fingerprint density at radius 3 is 2.28 bits per heavy atom. The number of hydrogen-bond acceptors (Lipinski definition) is 3. The van der Waals surface area contributed by atoms with E-state index in [-0.39, 0.29) is 17.9 Å². The molecule has 0 unspecified atom stereocenters. The molecule has 1 saturated carbocycles. The summed E-state index contributed by atoms with van der Waals surface area (Å²) in [7, 11) is -3.46. The lowest BCUT2D eigenvalue weighted by Gasteiger charge is -2.26. The van der Waals surface area contributed by atoms with Gasteiger partial charge in [-0.2, -0.15) is 13.1 Å². The van der Waals surface area contributed by atoms with Gasteiger partial charge in [-0.15, -0.1) is 0 Å². The molecule has 0 aromatic heterocycles. The SMILES string of the molecule is CC(C)CNS(=O)(=O)NC1CCC(C(=O)O)CC1. The first-order valence-electron chi connectivity index (χ1n) is 6.30. The van der Waals surface area contributed by atoms with Crippen molar-refractivity contribution in [3.63, 3.8) is 0 Å². The largest absolute Gasteiger partial charge is 0.481 e. The fourth-order valence-electron chi connectivity index (χ4n) is 2.00. The van der Waals surface area contributed by atoms with Crippen LogP contribution in [0.1, 0.15) is 39.5 Å². The van der Waals surface area contributed by atoms with E-state index < -0.39 is 16.2 Å². The second kappa shape index (κ2) is 6.49. The maximum atomic E-state index is 11.7. The molecule has 0 saturated heterocycles. The van der Waals surface area contributed by atoms with Gasteiger partial charge in [0.2, 0.25) is 0 Å². The summed E-state index contributed by atoms with van der Waals surface area (Å²) in [5, 5.41) is 8.85. The van der Waals surface area contributed by atoms with E-state index in [1.807, 2.05) is 13.8 Å². The van der Waals surface area contributed by atoms with Crippen LogP contribution < -0.4 is 9.44 Å². The Bertz CT molecular complexity index is 373. The minimum absolute atomic E-state index is 0.148. The zero-order chi connectivity index (χ0) is 13.8. The molecule has 0 amide bonds. The second-order valence-corrected chi connectivity index (χ2v) is 6.78. The van der Waals surface area contributed by atoms with Crippen molar-refractivity contribution < 1.29 is 18.3 Å². The lowest BCUT2D eigenvalue weighted by Crippen LogP contribution is -2.45. The summed E-state index contributed by atoms with van der Waals surface area (Å²) in [5.41, 5.74) is 0. The van der Waals surface area contributed by atoms with E-state index in [9.17, 15) is 13.2 Å². The molecular weight excluding hydrogens is 256 g/mol. The third kappa shape index (κ3) is 5.32. The van der Waals surface area contributed by atoms with Gasteiger partial charge in [-0.1, -0.05) is 13.8 Å². The number of carboxylic acids is 1. The van der Waals surface area contributed by atoms with E-state index in [1.165, 1.54) is 0 Å². The summed E-state index contributed by atoms with van der Waals surface area (Å²) in [6, 6.07) is -0.148. The van der Waals surface area contributed by atoms with Gasteiger partial charge in [0.25, 0.3) is 10.2 Å². The Morgan fingerprint density at radius 1 is 1.28 bits per heavy atom. The molecule has 0 atom stereocenters. The average molecular weight is 278 g/mol. The predicted octanol–water partition coefficient (Wildman–Crippen LogP) is 0.710. The molecule has 0 aliphatic heterocycles. The molecule has 1 aliphatic rings. The molecule has 6 nitrogen and oxygen atoms in total. The normalized spacial score (nSPS) is 25.3. The quantitative estimate of drug-likeness (QED) is 0.667. The van der Waals surface area contributed by atoms with Crippen molar-refractivity contribution in [1.29, 1.82) is 0 Å². The third-order valence-corrected chi connectivity index (χ3v) is 4.27. The van der Waals surface area contributed by atoms with Crippen LogP contribution in [0.3, 0.4) is 0 Å². The third-order valence-electron chi connectivity index (χ3n) is 3.08. The first-order valence-corrected chi connectivity index (χ1v) is 7.78. The number of nitrogens with one attached hydrogen (secondary N) is 2. The fourth-order valence-corrected chi connectivity index (χ4v) is 3.31. The Balaban J connectivity index is 2.38. The van der Waals surface area contributed by atoms with Gasteiger partial charge in [-0.25, -0.2) is 4.72 Å². The highest BCUT2D eigenvalue weighted by molar-refractivity contribution is 7.87. The van der Waals surface area contributed by atoms with Crippen LogP contribution in [-0.2, 0) is 15.0 Å². The highest BCUT2D eigenvalue weighted by Crippen LogP contribution is 2.24. The van der Waals surface area contributed by atoms with Crippen molar-refractivity contribution in [1.82, 2.24) is 9.44 Å². The van der Waals surface area contributed by atoms with Gasteiger partial charge in [-0.05, 0) is 31.6 Å². The molecule has 7 heteroatoms. The molecular formula is C11H22N2O4S. The van der Waals surface area contributed by atoms with Crippen molar-refractivity contribution >= 4 is 16.2 Å². The molecule has 1 fully saturated rings. The monoisotopic (exact) mass is 278 g/mol. The van der Waals surface area contributed by atoms with Crippen LogP contribution in [0.25, 0.3) is 0 Å². The van der Waals surface area contributed by atoms with Gasteiger partial charge in [0.15, 0.2) is 0 Å². The molecule has 1 rings (SSSR count). The average Bonchev–Trinajstić information content (AvgIpc) is 2.27. The van der Waals surface area contributed by atoms with Crippen LogP contribution in [0.5, 0.6) is 0 Å². The summed E-state index contributed by atoms with van der Waals surface area (Å²) in [6.45, 7) is 4.26. The van der Waals surface area contributed by atoms with E-state index in [0.29, 0.717) is 32.2 Å². The molecule has 3 N–H and O–H groups in total.